The van der Waals surface area contributed by atoms with Gasteiger partial charge in [0.15, 0.2) is 5.11 Å². The number of ether oxygens (including phenoxy) is 2. The van der Waals surface area contributed by atoms with Crippen LogP contribution in [-0.4, -0.2) is 61.4 Å². The molecule has 0 bridgehead atoms. The van der Waals surface area contributed by atoms with Crippen LogP contribution >= 0.6 is 12.2 Å². The van der Waals surface area contributed by atoms with Crippen LogP contribution in [0.25, 0.3) is 0 Å². The molecule has 0 saturated carbocycles. The minimum Gasteiger partial charge on any atom is -0.497 e. The molecular formula is C20H24FN3O2S. The highest BCUT2D eigenvalue weighted by atomic mass is 32.1. The number of hydrogen-bond acceptors (Lipinski definition) is 4. The van der Waals surface area contributed by atoms with Gasteiger partial charge in [-0.15, -0.1) is 0 Å². The van der Waals surface area contributed by atoms with Gasteiger partial charge in [-0.05, 0) is 60.7 Å². The zero-order valence-corrected chi connectivity index (χ0v) is 16.2. The van der Waals surface area contributed by atoms with Gasteiger partial charge >= 0.3 is 0 Å². The normalized spacial score (nSPS) is 14.7. The molecule has 144 valence electrons. The van der Waals surface area contributed by atoms with Gasteiger partial charge in [0.2, 0.25) is 0 Å². The van der Waals surface area contributed by atoms with Crippen LogP contribution in [0, 0.1) is 5.82 Å². The fourth-order valence-electron chi connectivity index (χ4n) is 2.87. The maximum Gasteiger partial charge on any atom is 0.173 e. The van der Waals surface area contributed by atoms with Gasteiger partial charge in [0.25, 0.3) is 0 Å². The number of nitrogens with one attached hydrogen (secondary N) is 1. The fraction of sp³-hybridized carbons (Fsp3) is 0.350. The Labute approximate surface area is 164 Å². The van der Waals surface area contributed by atoms with E-state index in [4.69, 9.17) is 21.7 Å². The van der Waals surface area contributed by atoms with Crippen molar-refractivity contribution >= 4 is 23.0 Å². The summed E-state index contributed by atoms with van der Waals surface area (Å²) < 4.78 is 23.9. The Balaban J connectivity index is 1.36. The largest absolute Gasteiger partial charge is 0.497 e. The van der Waals surface area contributed by atoms with Crippen molar-refractivity contribution in [1.29, 1.82) is 0 Å². The molecule has 7 heteroatoms. The summed E-state index contributed by atoms with van der Waals surface area (Å²) in [6.07, 6.45) is 0. The minimum atomic E-state index is -0.253. The van der Waals surface area contributed by atoms with Crippen molar-refractivity contribution in [1.82, 2.24) is 9.80 Å². The maximum atomic E-state index is 13.0. The van der Waals surface area contributed by atoms with E-state index < -0.39 is 0 Å². The molecule has 0 radical (unpaired) electrons. The number of halogens is 1. The van der Waals surface area contributed by atoms with Gasteiger partial charge in [0.1, 0.15) is 23.9 Å². The fourth-order valence-corrected chi connectivity index (χ4v) is 3.18. The second kappa shape index (κ2) is 9.53. The molecule has 1 aliphatic rings. The van der Waals surface area contributed by atoms with Crippen LogP contribution in [-0.2, 0) is 0 Å². The third-order valence-electron chi connectivity index (χ3n) is 4.49. The molecule has 0 aromatic heterocycles. The molecule has 5 nitrogen and oxygen atoms in total. The quantitative estimate of drug-likeness (QED) is 0.765. The number of rotatable bonds is 6. The van der Waals surface area contributed by atoms with Crippen LogP contribution in [0.3, 0.4) is 0 Å². The number of methoxy groups -OCH3 is 1. The van der Waals surface area contributed by atoms with E-state index in [1.54, 1.807) is 19.2 Å². The molecule has 1 N–H and O–H groups in total. The molecular weight excluding hydrogens is 365 g/mol. The minimum absolute atomic E-state index is 0.253. The van der Waals surface area contributed by atoms with Gasteiger partial charge < -0.3 is 19.7 Å². The molecule has 1 fully saturated rings. The van der Waals surface area contributed by atoms with Crippen LogP contribution in [0.4, 0.5) is 10.1 Å². The van der Waals surface area contributed by atoms with Crippen molar-refractivity contribution in [2.24, 2.45) is 0 Å². The van der Waals surface area contributed by atoms with E-state index in [0.717, 1.165) is 49.9 Å². The summed E-state index contributed by atoms with van der Waals surface area (Å²) >= 11 is 5.47. The van der Waals surface area contributed by atoms with Gasteiger partial charge in [-0.2, -0.15) is 0 Å². The van der Waals surface area contributed by atoms with E-state index in [1.807, 2.05) is 24.3 Å². The monoisotopic (exact) mass is 389 g/mol. The molecule has 1 heterocycles. The summed E-state index contributed by atoms with van der Waals surface area (Å²) in [5, 5.41) is 3.84. The molecule has 0 unspecified atom stereocenters. The molecule has 27 heavy (non-hydrogen) atoms. The molecule has 2 aromatic carbocycles. The first kappa shape index (κ1) is 19.4. The van der Waals surface area contributed by atoms with E-state index in [-0.39, 0.29) is 5.82 Å². The second-order valence-corrected chi connectivity index (χ2v) is 6.68. The smallest absolute Gasteiger partial charge is 0.173 e. The van der Waals surface area contributed by atoms with Crippen LogP contribution in [0.1, 0.15) is 0 Å². The van der Waals surface area contributed by atoms with Crippen molar-refractivity contribution < 1.29 is 13.9 Å². The van der Waals surface area contributed by atoms with E-state index in [1.165, 1.54) is 12.1 Å². The highest BCUT2D eigenvalue weighted by molar-refractivity contribution is 7.80. The summed E-state index contributed by atoms with van der Waals surface area (Å²) in [6.45, 7) is 5.09. The molecule has 0 spiro atoms. The van der Waals surface area contributed by atoms with Crippen molar-refractivity contribution in [3.63, 3.8) is 0 Å². The van der Waals surface area contributed by atoms with Crippen molar-refractivity contribution in [3.05, 3.63) is 54.3 Å². The molecule has 1 aliphatic heterocycles. The third-order valence-corrected chi connectivity index (χ3v) is 4.85. The zero-order valence-electron chi connectivity index (χ0n) is 15.4. The van der Waals surface area contributed by atoms with Crippen molar-refractivity contribution in [3.8, 4) is 11.5 Å². The molecule has 2 aromatic rings. The number of nitrogens with zero attached hydrogens (tertiary/aromatic N) is 2. The molecule has 0 atom stereocenters. The first-order chi connectivity index (χ1) is 13.1. The molecule has 0 amide bonds. The number of benzene rings is 2. The number of hydrogen-bond donors (Lipinski definition) is 1. The summed E-state index contributed by atoms with van der Waals surface area (Å²) in [4.78, 5) is 4.50. The Bertz CT molecular complexity index is 732. The first-order valence-electron chi connectivity index (χ1n) is 8.95. The van der Waals surface area contributed by atoms with Crippen LogP contribution in [0.5, 0.6) is 11.5 Å². The average molecular weight is 389 g/mol. The highest BCUT2D eigenvalue weighted by Gasteiger charge is 2.18. The van der Waals surface area contributed by atoms with Gasteiger partial charge in [-0.25, -0.2) is 4.39 Å². The van der Waals surface area contributed by atoms with Crippen LogP contribution in [0.15, 0.2) is 48.5 Å². The lowest BCUT2D eigenvalue weighted by molar-refractivity contribution is 0.155. The Kier molecular flexibility index (Phi) is 6.84. The summed E-state index contributed by atoms with van der Waals surface area (Å²) in [5.41, 5.74) is 0.803. The predicted molar refractivity (Wildman–Crippen MR) is 109 cm³/mol. The van der Waals surface area contributed by atoms with Crippen LogP contribution < -0.4 is 14.8 Å². The van der Waals surface area contributed by atoms with Gasteiger partial charge in [0.05, 0.1) is 7.11 Å². The summed E-state index contributed by atoms with van der Waals surface area (Å²) in [7, 11) is 1.65. The van der Waals surface area contributed by atoms with Crippen molar-refractivity contribution in [2.75, 3.05) is 51.8 Å². The average Bonchev–Trinajstić information content (AvgIpc) is 2.71. The standard InChI is InChI=1S/C20H24FN3O2S/c1-25-18-6-8-19(9-7-18)26-15-14-23-10-12-24(13-11-23)20(27)22-17-4-2-16(21)3-5-17/h2-9H,10-15H2,1H3,(H,22,27). The number of thiocarbonyl (C=S) groups is 1. The van der Waals surface area contributed by atoms with Crippen LogP contribution in [0.2, 0.25) is 0 Å². The summed E-state index contributed by atoms with van der Waals surface area (Å²) in [6, 6.07) is 13.8. The third kappa shape index (κ3) is 5.80. The topological polar surface area (TPSA) is 37.0 Å². The van der Waals surface area contributed by atoms with E-state index in [9.17, 15) is 4.39 Å². The Morgan fingerprint density at radius 2 is 1.63 bits per heavy atom. The first-order valence-corrected chi connectivity index (χ1v) is 9.35. The Morgan fingerprint density at radius 3 is 2.26 bits per heavy atom. The van der Waals surface area contributed by atoms with Gasteiger partial charge in [-0.3, -0.25) is 4.90 Å². The molecule has 1 saturated heterocycles. The van der Waals surface area contributed by atoms with E-state index >= 15 is 0 Å². The number of piperazine rings is 1. The van der Waals surface area contributed by atoms with Gasteiger partial charge in [-0.1, -0.05) is 0 Å². The maximum absolute atomic E-state index is 13.0. The summed E-state index contributed by atoms with van der Waals surface area (Å²) in [5.74, 6) is 1.42. The lowest BCUT2D eigenvalue weighted by Gasteiger charge is -2.36. The van der Waals surface area contributed by atoms with E-state index in [2.05, 4.69) is 15.1 Å². The second-order valence-electron chi connectivity index (χ2n) is 6.29. The Morgan fingerprint density at radius 1 is 1.00 bits per heavy atom. The lowest BCUT2D eigenvalue weighted by atomic mass is 10.3. The molecule has 0 aliphatic carbocycles. The zero-order chi connectivity index (χ0) is 19.1. The molecule has 3 rings (SSSR count). The highest BCUT2D eigenvalue weighted by Crippen LogP contribution is 2.17. The predicted octanol–water partition coefficient (Wildman–Crippen LogP) is 3.23. The van der Waals surface area contributed by atoms with Gasteiger partial charge in [0, 0.05) is 38.4 Å². The van der Waals surface area contributed by atoms with Crippen molar-refractivity contribution in [2.45, 2.75) is 0 Å². The van der Waals surface area contributed by atoms with E-state index in [0.29, 0.717) is 11.7 Å². The Hall–Kier alpha value is -2.38. The number of anilines is 1. The lowest BCUT2D eigenvalue weighted by Crippen LogP contribution is -2.50. The SMILES string of the molecule is COc1ccc(OCCN2CCN(C(=S)Nc3ccc(F)cc3)CC2)cc1.